The van der Waals surface area contributed by atoms with Crippen molar-refractivity contribution in [2.24, 2.45) is 4.99 Å². The van der Waals surface area contributed by atoms with Gasteiger partial charge in [0.25, 0.3) is 5.91 Å². The van der Waals surface area contributed by atoms with E-state index in [2.05, 4.69) is 25.2 Å². The first-order valence-electron chi connectivity index (χ1n) is 11.6. The number of carbonyl (C=O) groups excluding carboxylic acids is 1. The fraction of sp³-hybridized carbons (Fsp3) is 0.435. The van der Waals surface area contributed by atoms with Crippen molar-refractivity contribution in [2.45, 2.75) is 13.0 Å². The number of anilines is 2. The zero-order valence-electron chi connectivity index (χ0n) is 20.0. The van der Waals surface area contributed by atoms with Crippen LogP contribution in [0.25, 0.3) is 10.9 Å². The Morgan fingerprint density at radius 2 is 2.00 bits per heavy atom. The van der Waals surface area contributed by atoms with Gasteiger partial charge in [-0.2, -0.15) is 4.99 Å². The van der Waals surface area contributed by atoms with Crippen LogP contribution in [0.15, 0.2) is 29.5 Å². The second kappa shape index (κ2) is 11.5. The lowest BCUT2D eigenvalue weighted by Crippen LogP contribution is -2.37. The number of rotatable bonds is 7. The van der Waals surface area contributed by atoms with Crippen LogP contribution in [-0.4, -0.2) is 83.4 Å². The van der Waals surface area contributed by atoms with Crippen LogP contribution in [0.3, 0.4) is 0 Å². The first-order chi connectivity index (χ1) is 17.1. The number of nitrogens with zero attached hydrogens (tertiary/aromatic N) is 6. The summed E-state index contributed by atoms with van der Waals surface area (Å²) in [5.41, 5.74) is 6.58. The highest BCUT2D eigenvalue weighted by atomic mass is 35.5. The van der Waals surface area contributed by atoms with E-state index < -0.39 is 5.91 Å². The summed E-state index contributed by atoms with van der Waals surface area (Å²) in [6, 6.07) is 3.85. The third kappa shape index (κ3) is 5.35. The Hall–Kier alpha value is -3.48. The standard InChI is InChI=1S/C23H28N8O4.ClH/c1-33-19-17(35-10-2-6-30-8-11-34-12-9-30)4-3-16-18(19)28-23(31-7-5-25-20(16)31)29-21(32)15-13-26-22(24)27-14-15;/h3-4,13-14,25H,2,5-12H2,1H3,(H2,24,26,27);1H. The van der Waals surface area contributed by atoms with Gasteiger partial charge in [0.15, 0.2) is 11.5 Å². The first kappa shape index (κ1) is 25.6. The van der Waals surface area contributed by atoms with Crippen molar-refractivity contribution in [1.82, 2.24) is 24.4 Å². The van der Waals surface area contributed by atoms with Gasteiger partial charge < -0.3 is 25.3 Å². The largest absolute Gasteiger partial charge is 0.491 e. The van der Waals surface area contributed by atoms with Gasteiger partial charge in [-0.05, 0) is 18.6 Å². The molecule has 36 heavy (non-hydrogen) atoms. The first-order valence-corrected chi connectivity index (χ1v) is 11.6. The Balaban J connectivity index is 0.00000304. The Morgan fingerprint density at radius 1 is 1.22 bits per heavy atom. The minimum Gasteiger partial charge on any atom is -0.491 e. The summed E-state index contributed by atoms with van der Waals surface area (Å²) in [5.74, 6) is 1.51. The zero-order valence-corrected chi connectivity index (χ0v) is 20.8. The van der Waals surface area contributed by atoms with E-state index in [9.17, 15) is 4.79 Å². The summed E-state index contributed by atoms with van der Waals surface area (Å²) < 4.78 is 19.1. The van der Waals surface area contributed by atoms with Crippen LogP contribution in [0, 0.1) is 0 Å². The smallest absolute Gasteiger partial charge is 0.283 e. The quantitative estimate of drug-likeness (QED) is 0.438. The van der Waals surface area contributed by atoms with Crippen LogP contribution >= 0.6 is 12.4 Å². The zero-order chi connectivity index (χ0) is 24.2. The molecule has 3 aromatic rings. The molecule has 0 saturated carbocycles. The average Bonchev–Trinajstić information content (AvgIpc) is 3.38. The number of benzene rings is 1. The van der Waals surface area contributed by atoms with E-state index >= 15 is 0 Å². The van der Waals surface area contributed by atoms with Gasteiger partial charge in [0, 0.05) is 50.5 Å². The third-order valence-electron chi connectivity index (χ3n) is 6.01. The van der Waals surface area contributed by atoms with Crippen molar-refractivity contribution in [3.63, 3.8) is 0 Å². The summed E-state index contributed by atoms with van der Waals surface area (Å²) in [7, 11) is 1.58. The summed E-state index contributed by atoms with van der Waals surface area (Å²) in [4.78, 5) is 31.8. The van der Waals surface area contributed by atoms with E-state index in [-0.39, 0.29) is 29.5 Å². The topological polar surface area (TPSA) is 142 Å². The number of ether oxygens (including phenoxy) is 3. The van der Waals surface area contributed by atoms with Crippen LogP contribution in [-0.2, 0) is 11.3 Å². The molecule has 1 saturated heterocycles. The summed E-state index contributed by atoms with van der Waals surface area (Å²) in [6.07, 6.45) is 3.58. The van der Waals surface area contributed by atoms with E-state index in [1.54, 1.807) is 7.11 Å². The van der Waals surface area contributed by atoms with Gasteiger partial charge in [-0.15, -0.1) is 12.4 Å². The molecule has 2 aliphatic heterocycles. The Bertz CT molecular complexity index is 1290. The molecule has 13 heteroatoms. The lowest BCUT2D eigenvalue weighted by atomic mass is 10.2. The summed E-state index contributed by atoms with van der Waals surface area (Å²) in [6.45, 7) is 6.29. The maximum absolute atomic E-state index is 12.8. The van der Waals surface area contributed by atoms with Crippen LogP contribution in [0.5, 0.6) is 11.5 Å². The van der Waals surface area contributed by atoms with Crippen LogP contribution in [0.1, 0.15) is 16.8 Å². The Morgan fingerprint density at radius 3 is 2.75 bits per heavy atom. The summed E-state index contributed by atoms with van der Waals surface area (Å²) >= 11 is 0. The molecule has 0 radical (unpaired) electrons. The molecule has 4 heterocycles. The van der Waals surface area contributed by atoms with Gasteiger partial charge in [-0.3, -0.25) is 14.3 Å². The molecular formula is C23H29ClN8O4. The molecule has 2 aromatic heterocycles. The number of fused-ring (bicyclic) bond motifs is 3. The maximum atomic E-state index is 12.8. The fourth-order valence-corrected chi connectivity index (χ4v) is 4.24. The number of aromatic nitrogens is 4. The van der Waals surface area contributed by atoms with Crippen LogP contribution < -0.4 is 26.1 Å². The molecule has 0 unspecified atom stereocenters. The molecule has 3 N–H and O–H groups in total. The fourth-order valence-electron chi connectivity index (χ4n) is 4.24. The number of nitrogens with one attached hydrogen (secondary N) is 1. The number of halogens is 1. The van der Waals surface area contributed by atoms with Crippen molar-refractivity contribution < 1.29 is 19.0 Å². The minimum atomic E-state index is -0.507. The molecule has 1 aromatic carbocycles. The lowest BCUT2D eigenvalue weighted by Gasteiger charge is -2.26. The number of carbonyl (C=O) groups is 1. The lowest BCUT2D eigenvalue weighted by molar-refractivity contribution is 0.0357. The van der Waals surface area contributed by atoms with Gasteiger partial charge in [0.1, 0.15) is 11.3 Å². The second-order valence-corrected chi connectivity index (χ2v) is 8.23. The molecule has 0 bridgehead atoms. The predicted octanol–water partition coefficient (Wildman–Crippen LogP) is 1.11. The van der Waals surface area contributed by atoms with Crippen molar-refractivity contribution in [1.29, 1.82) is 0 Å². The van der Waals surface area contributed by atoms with E-state index in [1.165, 1.54) is 12.4 Å². The molecule has 1 fully saturated rings. The number of nitrogen functional groups attached to an aromatic ring is 1. The van der Waals surface area contributed by atoms with Crippen molar-refractivity contribution in [3.8, 4) is 11.5 Å². The van der Waals surface area contributed by atoms with E-state index in [1.807, 2.05) is 16.7 Å². The number of hydrogen-bond donors (Lipinski definition) is 2. The number of morpholine rings is 1. The van der Waals surface area contributed by atoms with Gasteiger partial charge in [0.2, 0.25) is 11.6 Å². The van der Waals surface area contributed by atoms with Crippen LogP contribution in [0.2, 0.25) is 0 Å². The number of nitrogens with two attached hydrogens (primary N) is 1. The molecule has 5 rings (SSSR count). The number of hydrogen-bond acceptors (Lipinski definition) is 10. The SMILES string of the molecule is COc1c(OCCCN2CCOCC2)ccc2c3n(c(=NC(=O)c4cnc(N)nc4)nc12)CCN3.Cl. The highest BCUT2D eigenvalue weighted by molar-refractivity contribution is 5.96. The number of methoxy groups -OCH3 is 1. The van der Waals surface area contributed by atoms with Crippen molar-refractivity contribution in [2.75, 3.05) is 64.2 Å². The third-order valence-corrected chi connectivity index (χ3v) is 6.01. The van der Waals surface area contributed by atoms with E-state index in [4.69, 9.17) is 24.9 Å². The predicted molar refractivity (Wildman–Crippen MR) is 136 cm³/mol. The van der Waals surface area contributed by atoms with E-state index in [0.717, 1.165) is 50.5 Å². The van der Waals surface area contributed by atoms with Gasteiger partial charge >= 0.3 is 0 Å². The summed E-state index contributed by atoms with van der Waals surface area (Å²) in [5, 5.41) is 4.22. The van der Waals surface area contributed by atoms with Crippen molar-refractivity contribution in [3.05, 3.63) is 35.7 Å². The molecular weight excluding hydrogens is 488 g/mol. The second-order valence-electron chi connectivity index (χ2n) is 8.23. The number of amides is 1. The monoisotopic (exact) mass is 516 g/mol. The molecule has 2 aliphatic rings. The van der Waals surface area contributed by atoms with Gasteiger partial charge in [-0.25, -0.2) is 15.0 Å². The van der Waals surface area contributed by atoms with E-state index in [0.29, 0.717) is 36.7 Å². The van der Waals surface area contributed by atoms with Gasteiger partial charge in [0.05, 0.1) is 32.5 Å². The Labute approximate surface area is 213 Å². The average molecular weight is 517 g/mol. The molecule has 0 aliphatic carbocycles. The maximum Gasteiger partial charge on any atom is 0.283 e. The van der Waals surface area contributed by atoms with Gasteiger partial charge in [-0.1, -0.05) is 0 Å². The molecule has 1 amide bonds. The molecule has 12 nitrogen and oxygen atoms in total. The highest BCUT2D eigenvalue weighted by Crippen LogP contribution is 2.37. The normalized spacial score (nSPS) is 15.8. The molecule has 192 valence electrons. The Kier molecular flexibility index (Phi) is 8.18. The van der Waals surface area contributed by atoms with Crippen molar-refractivity contribution >= 4 is 41.0 Å². The molecule has 0 spiro atoms. The highest BCUT2D eigenvalue weighted by Gasteiger charge is 2.21. The minimum absolute atomic E-state index is 0. The van der Waals surface area contributed by atoms with Crippen LogP contribution in [0.4, 0.5) is 11.8 Å². The molecule has 0 atom stereocenters.